The molecule has 0 aliphatic rings. The Kier molecular flexibility index (Phi) is 7.56. The van der Waals surface area contributed by atoms with Crippen molar-refractivity contribution in [3.63, 3.8) is 0 Å². The van der Waals surface area contributed by atoms with Crippen molar-refractivity contribution >= 4 is 29.2 Å². The summed E-state index contributed by atoms with van der Waals surface area (Å²) in [7, 11) is 1.59. The Morgan fingerprint density at radius 3 is 2.04 bits per heavy atom. The maximum Gasteiger partial charge on any atom is 0.306 e. The Hall–Kier alpha value is -3.35. The van der Waals surface area contributed by atoms with Crippen molar-refractivity contribution in [1.29, 1.82) is 0 Å². The summed E-state index contributed by atoms with van der Waals surface area (Å²) in [6.45, 7) is 2.94. The van der Waals surface area contributed by atoms with Crippen LogP contribution in [-0.4, -0.2) is 31.0 Å². The van der Waals surface area contributed by atoms with E-state index in [0.717, 1.165) is 11.3 Å². The van der Waals surface area contributed by atoms with E-state index in [0.29, 0.717) is 17.8 Å². The molecule has 7 heteroatoms. The van der Waals surface area contributed by atoms with Crippen LogP contribution in [-0.2, 0) is 25.5 Å². The van der Waals surface area contributed by atoms with Crippen molar-refractivity contribution in [1.82, 2.24) is 0 Å². The van der Waals surface area contributed by atoms with Crippen LogP contribution in [0.1, 0.15) is 25.8 Å². The molecule has 2 amide bonds. The third-order valence-electron chi connectivity index (χ3n) is 3.93. The summed E-state index contributed by atoms with van der Waals surface area (Å²) in [5, 5.41) is 5.31. The van der Waals surface area contributed by atoms with Gasteiger partial charge in [-0.05, 0) is 55.3 Å². The number of esters is 1. The Morgan fingerprint density at radius 1 is 0.929 bits per heavy atom. The normalized spacial score (nSPS) is 11.2. The molecule has 2 rings (SSSR count). The molecular formula is C21H24N2O5. The minimum Gasteiger partial charge on any atom is -0.497 e. The molecule has 148 valence electrons. The van der Waals surface area contributed by atoms with Gasteiger partial charge in [0, 0.05) is 24.7 Å². The molecule has 0 aromatic heterocycles. The molecule has 0 aliphatic heterocycles. The van der Waals surface area contributed by atoms with Gasteiger partial charge in [0.25, 0.3) is 5.91 Å². The van der Waals surface area contributed by atoms with Gasteiger partial charge in [0.2, 0.25) is 5.91 Å². The van der Waals surface area contributed by atoms with Crippen LogP contribution in [0.3, 0.4) is 0 Å². The summed E-state index contributed by atoms with van der Waals surface area (Å²) < 4.78 is 10.3. The van der Waals surface area contributed by atoms with Crippen molar-refractivity contribution in [2.24, 2.45) is 0 Å². The molecule has 0 saturated carbocycles. The monoisotopic (exact) mass is 384 g/mol. The number of methoxy groups -OCH3 is 1. The highest BCUT2D eigenvalue weighted by molar-refractivity contribution is 5.95. The maximum atomic E-state index is 12.2. The molecule has 0 radical (unpaired) electrons. The van der Waals surface area contributed by atoms with Gasteiger partial charge in [0.1, 0.15) is 5.75 Å². The molecule has 7 nitrogen and oxygen atoms in total. The van der Waals surface area contributed by atoms with Crippen molar-refractivity contribution < 1.29 is 23.9 Å². The average molecular weight is 384 g/mol. The van der Waals surface area contributed by atoms with E-state index in [-0.39, 0.29) is 12.3 Å². The second-order valence-corrected chi connectivity index (χ2v) is 6.23. The van der Waals surface area contributed by atoms with Gasteiger partial charge in [-0.25, -0.2) is 0 Å². The van der Waals surface area contributed by atoms with E-state index in [1.807, 2.05) is 24.3 Å². The van der Waals surface area contributed by atoms with Crippen LogP contribution in [0.2, 0.25) is 0 Å². The van der Waals surface area contributed by atoms with Gasteiger partial charge in [0.05, 0.1) is 7.11 Å². The summed E-state index contributed by atoms with van der Waals surface area (Å²) in [5.74, 6) is -0.293. The third kappa shape index (κ3) is 6.75. The summed E-state index contributed by atoms with van der Waals surface area (Å²) in [5.41, 5.74) is 2.15. The fourth-order valence-electron chi connectivity index (χ4n) is 2.43. The first-order valence-corrected chi connectivity index (χ1v) is 8.88. The van der Waals surface area contributed by atoms with Crippen LogP contribution in [0.25, 0.3) is 0 Å². The zero-order valence-electron chi connectivity index (χ0n) is 16.2. The highest BCUT2D eigenvalue weighted by Crippen LogP contribution is 2.15. The number of nitrogens with one attached hydrogen (secondary N) is 2. The van der Waals surface area contributed by atoms with Crippen LogP contribution in [0.15, 0.2) is 48.5 Å². The molecule has 0 saturated heterocycles. The lowest BCUT2D eigenvalue weighted by Gasteiger charge is -2.14. The van der Waals surface area contributed by atoms with Crippen molar-refractivity contribution in [2.75, 3.05) is 17.7 Å². The number of carbonyl (C=O) groups is 3. The molecular weight excluding hydrogens is 360 g/mol. The predicted octanol–water partition coefficient (Wildman–Crippen LogP) is 3.16. The van der Waals surface area contributed by atoms with E-state index in [1.54, 1.807) is 31.4 Å². The number of rotatable bonds is 8. The molecule has 0 heterocycles. The van der Waals surface area contributed by atoms with E-state index in [4.69, 9.17) is 9.47 Å². The number of ether oxygens (including phenoxy) is 2. The number of amides is 2. The smallest absolute Gasteiger partial charge is 0.306 e. The quantitative estimate of drug-likeness (QED) is 0.682. The van der Waals surface area contributed by atoms with Gasteiger partial charge in [0.15, 0.2) is 6.10 Å². The zero-order valence-corrected chi connectivity index (χ0v) is 16.2. The van der Waals surface area contributed by atoms with Crippen molar-refractivity contribution in [3.8, 4) is 5.75 Å². The SMILES string of the molecule is COc1ccc(CCC(=O)O[C@H](C)C(=O)Nc2ccc(NC(C)=O)cc2)cc1. The van der Waals surface area contributed by atoms with Gasteiger partial charge >= 0.3 is 5.97 Å². The molecule has 0 bridgehead atoms. The van der Waals surface area contributed by atoms with Gasteiger partial charge in [-0.3, -0.25) is 14.4 Å². The van der Waals surface area contributed by atoms with Gasteiger partial charge in [-0.2, -0.15) is 0 Å². The first kappa shape index (κ1) is 21.0. The lowest BCUT2D eigenvalue weighted by molar-refractivity contribution is -0.153. The highest BCUT2D eigenvalue weighted by atomic mass is 16.5. The second kappa shape index (κ2) is 10.1. The molecule has 0 unspecified atom stereocenters. The van der Waals surface area contributed by atoms with E-state index < -0.39 is 18.0 Å². The Bertz CT molecular complexity index is 816. The van der Waals surface area contributed by atoms with Crippen LogP contribution in [0, 0.1) is 0 Å². The van der Waals surface area contributed by atoms with Gasteiger partial charge in [-0.1, -0.05) is 12.1 Å². The Labute approximate surface area is 164 Å². The molecule has 0 spiro atoms. The summed E-state index contributed by atoms with van der Waals surface area (Å²) in [6, 6.07) is 14.1. The Balaban J connectivity index is 1.78. The topological polar surface area (TPSA) is 93.7 Å². The van der Waals surface area contributed by atoms with E-state index in [2.05, 4.69) is 10.6 Å². The summed E-state index contributed by atoms with van der Waals surface area (Å²) >= 11 is 0. The number of carbonyl (C=O) groups excluding carboxylic acids is 3. The first-order chi connectivity index (χ1) is 13.4. The molecule has 2 aromatic rings. The first-order valence-electron chi connectivity index (χ1n) is 8.88. The minimum absolute atomic E-state index is 0.174. The number of benzene rings is 2. The fourth-order valence-corrected chi connectivity index (χ4v) is 2.43. The fraction of sp³-hybridized carbons (Fsp3) is 0.286. The lowest BCUT2D eigenvalue weighted by Crippen LogP contribution is -2.30. The molecule has 0 aliphatic carbocycles. The maximum absolute atomic E-state index is 12.2. The highest BCUT2D eigenvalue weighted by Gasteiger charge is 2.18. The Morgan fingerprint density at radius 2 is 1.50 bits per heavy atom. The van der Waals surface area contributed by atoms with Crippen LogP contribution >= 0.6 is 0 Å². The van der Waals surface area contributed by atoms with E-state index in [9.17, 15) is 14.4 Å². The summed E-state index contributed by atoms with van der Waals surface area (Å²) in [4.78, 5) is 35.2. The van der Waals surface area contributed by atoms with Gasteiger partial charge in [-0.15, -0.1) is 0 Å². The molecule has 2 N–H and O–H groups in total. The lowest BCUT2D eigenvalue weighted by atomic mass is 10.1. The van der Waals surface area contributed by atoms with Crippen LogP contribution in [0.4, 0.5) is 11.4 Å². The second-order valence-electron chi connectivity index (χ2n) is 6.23. The third-order valence-corrected chi connectivity index (χ3v) is 3.93. The van der Waals surface area contributed by atoms with Crippen molar-refractivity contribution in [3.05, 3.63) is 54.1 Å². The molecule has 1 atom stereocenters. The molecule has 28 heavy (non-hydrogen) atoms. The number of hydrogen-bond donors (Lipinski definition) is 2. The molecule has 0 fully saturated rings. The average Bonchev–Trinajstić information content (AvgIpc) is 2.67. The predicted molar refractivity (Wildman–Crippen MR) is 106 cm³/mol. The van der Waals surface area contributed by atoms with Crippen LogP contribution < -0.4 is 15.4 Å². The summed E-state index contributed by atoms with van der Waals surface area (Å²) in [6.07, 6.45) is -0.227. The number of aryl methyl sites for hydroxylation is 1. The standard InChI is InChI=1S/C21H24N2O5/c1-14(21(26)23-18-9-7-17(8-10-18)22-15(2)24)28-20(25)13-6-16-4-11-19(27-3)12-5-16/h4-5,7-12,14H,6,13H2,1-3H3,(H,22,24)(H,23,26)/t14-/m1/s1. The van der Waals surface area contributed by atoms with Crippen molar-refractivity contribution in [2.45, 2.75) is 32.8 Å². The number of hydrogen-bond acceptors (Lipinski definition) is 5. The van der Waals surface area contributed by atoms with E-state index >= 15 is 0 Å². The number of anilines is 2. The van der Waals surface area contributed by atoms with Crippen LogP contribution in [0.5, 0.6) is 5.75 Å². The largest absolute Gasteiger partial charge is 0.497 e. The van der Waals surface area contributed by atoms with Gasteiger partial charge < -0.3 is 20.1 Å². The zero-order chi connectivity index (χ0) is 20.5. The van der Waals surface area contributed by atoms with E-state index in [1.165, 1.54) is 13.8 Å². The minimum atomic E-state index is -0.918. The molecule has 2 aromatic carbocycles.